The molecule has 0 N–H and O–H groups in total. The van der Waals surface area contributed by atoms with Crippen LogP contribution in [0.15, 0.2) is 54.9 Å². The van der Waals surface area contributed by atoms with E-state index in [-0.39, 0.29) is 17.9 Å². The monoisotopic (exact) mass is 386 g/mol. The van der Waals surface area contributed by atoms with Crippen molar-refractivity contribution < 1.29 is 9.59 Å². The van der Waals surface area contributed by atoms with Crippen LogP contribution < -0.4 is 0 Å². The fourth-order valence-electron chi connectivity index (χ4n) is 4.38. The molecule has 4 heteroatoms. The Morgan fingerprint density at radius 3 is 2.24 bits per heavy atom. The van der Waals surface area contributed by atoms with Crippen molar-refractivity contribution in [3.63, 3.8) is 0 Å². The molecule has 0 fully saturated rings. The molecule has 2 heterocycles. The Bertz CT molecular complexity index is 1040. The van der Waals surface area contributed by atoms with E-state index in [1.807, 2.05) is 42.5 Å². The molecule has 2 aromatic carbocycles. The van der Waals surface area contributed by atoms with Gasteiger partial charge in [0.1, 0.15) is 0 Å². The molecule has 4 rings (SSSR count). The Labute approximate surface area is 171 Å². The second kappa shape index (κ2) is 8.16. The topological polar surface area (TPSA) is 50.3 Å². The summed E-state index contributed by atoms with van der Waals surface area (Å²) < 4.78 is 0. The van der Waals surface area contributed by atoms with Crippen LogP contribution in [0.2, 0.25) is 0 Å². The Morgan fingerprint density at radius 1 is 0.862 bits per heavy atom. The first-order valence-electron chi connectivity index (χ1n) is 10.5. The van der Waals surface area contributed by atoms with Crippen molar-refractivity contribution in [1.82, 2.24) is 9.88 Å². The third-order valence-electron chi connectivity index (χ3n) is 5.91. The molecule has 148 valence electrons. The van der Waals surface area contributed by atoms with Gasteiger partial charge in [-0.05, 0) is 53.6 Å². The average Bonchev–Trinajstić information content (AvgIpc) is 2.76. The Balaban J connectivity index is 1.82. The van der Waals surface area contributed by atoms with Crippen LogP contribution in [0.25, 0.3) is 21.9 Å². The molecular weight excluding hydrogens is 360 g/mol. The quantitative estimate of drug-likeness (QED) is 0.378. The maximum absolute atomic E-state index is 13.4. The number of rotatable bonds is 7. The SMILES string of the molecule is CCCCCC(CC)N1C(=O)c2cccc3c(-c4ccncc4)ccc(c23)C1=O. The van der Waals surface area contributed by atoms with E-state index in [2.05, 4.69) is 18.8 Å². The van der Waals surface area contributed by atoms with Crippen molar-refractivity contribution in [1.29, 1.82) is 0 Å². The summed E-state index contributed by atoms with van der Waals surface area (Å²) in [5.41, 5.74) is 3.29. The van der Waals surface area contributed by atoms with Gasteiger partial charge in [-0.15, -0.1) is 0 Å². The number of aromatic nitrogens is 1. The molecule has 29 heavy (non-hydrogen) atoms. The normalized spacial score (nSPS) is 14.5. The van der Waals surface area contributed by atoms with Crippen molar-refractivity contribution in [3.8, 4) is 11.1 Å². The summed E-state index contributed by atoms with van der Waals surface area (Å²) in [5, 5.41) is 1.71. The minimum Gasteiger partial charge on any atom is -0.271 e. The largest absolute Gasteiger partial charge is 0.271 e. The van der Waals surface area contributed by atoms with Crippen LogP contribution in [-0.4, -0.2) is 27.7 Å². The molecule has 0 bridgehead atoms. The lowest BCUT2D eigenvalue weighted by Gasteiger charge is -2.34. The van der Waals surface area contributed by atoms with E-state index < -0.39 is 0 Å². The fourth-order valence-corrected chi connectivity index (χ4v) is 4.38. The van der Waals surface area contributed by atoms with E-state index in [9.17, 15) is 9.59 Å². The number of benzene rings is 2. The lowest BCUT2D eigenvalue weighted by atomic mass is 9.88. The number of amides is 2. The lowest BCUT2D eigenvalue weighted by Crippen LogP contribution is -2.46. The maximum Gasteiger partial charge on any atom is 0.261 e. The van der Waals surface area contributed by atoms with Crippen LogP contribution in [0, 0.1) is 0 Å². The maximum atomic E-state index is 13.4. The summed E-state index contributed by atoms with van der Waals surface area (Å²) in [7, 11) is 0. The predicted molar refractivity (Wildman–Crippen MR) is 116 cm³/mol. The van der Waals surface area contributed by atoms with E-state index >= 15 is 0 Å². The van der Waals surface area contributed by atoms with Crippen molar-refractivity contribution in [3.05, 3.63) is 66.0 Å². The van der Waals surface area contributed by atoms with Crippen LogP contribution in [0.4, 0.5) is 0 Å². The highest BCUT2D eigenvalue weighted by atomic mass is 16.2. The van der Waals surface area contributed by atoms with E-state index in [4.69, 9.17) is 0 Å². The number of unbranched alkanes of at least 4 members (excludes halogenated alkanes) is 2. The number of hydrogen-bond acceptors (Lipinski definition) is 3. The van der Waals surface area contributed by atoms with Gasteiger partial charge in [0.05, 0.1) is 0 Å². The number of nitrogens with zero attached hydrogens (tertiary/aromatic N) is 2. The molecule has 1 aromatic heterocycles. The van der Waals surface area contributed by atoms with E-state index in [1.165, 1.54) is 4.90 Å². The van der Waals surface area contributed by atoms with Gasteiger partial charge in [-0.3, -0.25) is 19.5 Å². The molecule has 3 aromatic rings. The molecule has 2 amide bonds. The number of pyridine rings is 1. The van der Waals surface area contributed by atoms with E-state index in [0.29, 0.717) is 11.1 Å². The third-order valence-corrected chi connectivity index (χ3v) is 5.91. The summed E-state index contributed by atoms with van der Waals surface area (Å²) in [6, 6.07) is 13.5. The third kappa shape index (κ3) is 3.33. The molecule has 0 spiro atoms. The number of carbonyl (C=O) groups is 2. The first kappa shape index (κ1) is 19.3. The fraction of sp³-hybridized carbons (Fsp3) is 0.320. The molecule has 1 aliphatic rings. The van der Waals surface area contributed by atoms with Gasteiger partial charge in [0.25, 0.3) is 11.8 Å². The molecule has 1 aliphatic heterocycles. The second-order valence-corrected chi connectivity index (χ2v) is 7.66. The second-order valence-electron chi connectivity index (χ2n) is 7.66. The Hall–Kier alpha value is -3.01. The van der Waals surface area contributed by atoms with Gasteiger partial charge in [-0.1, -0.05) is 51.3 Å². The Morgan fingerprint density at radius 2 is 1.55 bits per heavy atom. The zero-order valence-corrected chi connectivity index (χ0v) is 17.0. The van der Waals surface area contributed by atoms with Crippen LogP contribution in [0.3, 0.4) is 0 Å². The summed E-state index contributed by atoms with van der Waals surface area (Å²) in [4.78, 5) is 32.4. The number of imide groups is 1. The van der Waals surface area contributed by atoms with Crippen LogP contribution >= 0.6 is 0 Å². The summed E-state index contributed by atoms with van der Waals surface area (Å²) >= 11 is 0. The predicted octanol–water partition coefficient (Wildman–Crippen LogP) is 5.86. The number of hydrogen-bond donors (Lipinski definition) is 0. The minimum atomic E-state index is -0.164. The van der Waals surface area contributed by atoms with E-state index in [1.54, 1.807) is 12.4 Å². The molecule has 1 atom stereocenters. The minimum absolute atomic E-state index is 0.0511. The highest BCUT2D eigenvalue weighted by Gasteiger charge is 2.36. The van der Waals surface area contributed by atoms with Crippen molar-refractivity contribution in [2.24, 2.45) is 0 Å². The van der Waals surface area contributed by atoms with Gasteiger partial charge in [-0.25, -0.2) is 0 Å². The zero-order chi connectivity index (χ0) is 20.4. The van der Waals surface area contributed by atoms with Gasteiger partial charge in [-0.2, -0.15) is 0 Å². The zero-order valence-electron chi connectivity index (χ0n) is 17.0. The van der Waals surface area contributed by atoms with Crippen LogP contribution in [-0.2, 0) is 0 Å². The van der Waals surface area contributed by atoms with Crippen molar-refractivity contribution in [2.75, 3.05) is 0 Å². The molecular formula is C25H26N2O2. The standard InChI is InChI=1S/C25H26N2O2/c1-3-5-6-8-18(4-2)27-24(28)21-10-7-9-20-19(17-13-15-26-16-14-17)11-12-22(23(20)21)25(27)29/h7,9-16,18H,3-6,8H2,1-2H3. The summed E-state index contributed by atoms with van der Waals surface area (Å²) in [5.74, 6) is -0.327. The summed E-state index contributed by atoms with van der Waals surface area (Å²) in [6.45, 7) is 4.22. The first-order chi connectivity index (χ1) is 14.2. The Kier molecular flexibility index (Phi) is 5.43. The molecule has 0 saturated carbocycles. The van der Waals surface area contributed by atoms with Crippen LogP contribution in [0.1, 0.15) is 66.7 Å². The molecule has 0 radical (unpaired) electrons. The van der Waals surface area contributed by atoms with Crippen LogP contribution in [0.5, 0.6) is 0 Å². The highest BCUT2D eigenvalue weighted by Crippen LogP contribution is 2.37. The summed E-state index contributed by atoms with van der Waals surface area (Å²) in [6.07, 6.45) is 8.43. The average molecular weight is 386 g/mol. The molecule has 0 aliphatic carbocycles. The van der Waals surface area contributed by atoms with E-state index in [0.717, 1.165) is 54.0 Å². The smallest absolute Gasteiger partial charge is 0.261 e. The van der Waals surface area contributed by atoms with Gasteiger partial charge >= 0.3 is 0 Å². The van der Waals surface area contributed by atoms with Gasteiger partial charge in [0, 0.05) is 34.9 Å². The molecule has 1 unspecified atom stereocenters. The molecule has 0 saturated heterocycles. The lowest BCUT2D eigenvalue weighted by molar-refractivity contribution is 0.0524. The van der Waals surface area contributed by atoms with Gasteiger partial charge < -0.3 is 0 Å². The highest BCUT2D eigenvalue weighted by molar-refractivity contribution is 6.27. The number of carbonyl (C=O) groups excluding carboxylic acids is 2. The van der Waals surface area contributed by atoms with Crippen molar-refractivity contribution >= 4 is 22.6 Å². The van der Waals surface area contributed by atoms with Crippen molar-refractivity contribution in [2.45, 2.75) is 52.0 Å². The van der Waals surface area contributed by atoms with Gasteiger partial charge in [0.2, 0.25) is 0 Å². The first-order valence-corrected chi connectivity index (χ1v) is 10.5. The molecule has 4 nitrogen and oxygen atoms in total. The van der Waals surface area contributed by atoms with Gasteiger partial charge in [0.15, 0.2) is 0 Å².